The lowest BCUT2D eigenvalue weighted by Gasteiger charge is -2.14. The average molecular weight is 294 g/mol. The Balaban J connectivity index is 1.71. The molecule has 1 atom stereocenters. The maximum absolute atomic E-state index is 12.3. The third-order valence-corrected chi connectivity index (χ3v) is 3.52. The molecule has 22 heavy (non-hydrogen) atoms. The molecule has 0 aliphatic carbocycles. The number of fused-ring (bicyclic) bond motifs is 1. The summed E-state index contributed by atoms with van der Waals surface area (Å²) in [5.41, 5.74) is 2.05. The van der Waals surface area contributed by atoms with E-state index in [1.165, 1.54) is 0 Å². The molecule has 1 N–H and O–H groups in total. The number of nitrogens with zero attached hydrogens (tertiary/aromatic N) is 1. The summed E-state index contributed by atoms with van der Waals surface area (Å²) in [5.74, 6) is 1.05. The van der Waals surface area contributed by atoms with Gasteiger partial charge in [-0.3, -0.25) is 4.79 Å². The third kappa shape index (κ3) is 2.72. The fourth-order valence-electron chi connectivity index (χ4n) is 2.25. The summed E-state index contributed by atoms with van der Waals surface area (Å²) in [5, 5.41) is 11.7. The molecule has 0 saturated heterocycles. The van der Waals surface area contributed by atoms with Crippen LogP contribution in [0.1, 0.15) is 34.5 Å². The van der Waals surface area contributed by atoms with Crippen molar-refractivity contribution in [3.8, 4) is 17.6 Å². The minimum atomic E-state index is -0.185. The summed E-state index contributed by atoms with van der Waals surface area (Å²) in [6, 6.07) is 14.1. The molecule has 2 aromatic carbocycles. The van der Waals surface area contributed by atoms with Gasteiger partial charge in [0.05, 0.1) is 17.7 Å². The van der Waals surface area contributed by atoms with Crippen LogP contribution in [0.2, 0.25) is 0 Å². The highest BCUT2D eigenvalue weighted by Crippen LogP contribution is 2.32. The molecule has 0 aromatic heterocycles. The number of hydrogen-bond acceptors (Lipinski definition) is 4. The first kappa shape index (κ1) is 14.0. The van der Waals surface area contributed by atoms with Crippen LogP contribution in [0.5, 0.6) is 11.5 Å². The van der Waals surface area contributed by atoms with Gasteiger partial charge in [-0.1, -0.05) is 12.1 Å². The summed E-state index contributed by atoms with van der Waals surface area (Å²) in [4.78, 5) is 12.3. The van der Waals surface area contributed by atoms with Gasteiger partial charge in [0.2, 0.25) is 6.79 Å². The zero-order chi connectivity index (χ0) is 15.5. The Morgan fingerprint density at radius 3 is 2.64 bits per heavy atom. The summed E-state index contributed by atoms with van der Waals surface area (Å²) >= 11 is 0. The zero-order valence-corrected chi connectivity index (χ0v) is 12.0. The summed E-state index contributed by atoms with van der Waals surface area (Å²) < 4.78 is 10.5. The van der Waals surface area contributed by atoms with Crippen LogP contribution in [-0.4, -0.2) is 12.7 Å². The molecule has 1 aliphatic heterocycles. The molecule has 5 heteroatoms. The quantitative estimate of drug-likeness (QED) is 0.945. The Morgan fingerprint density at radius 1 is 1.18 bits per heavy atom. The van der Waals surface area contributed by atoms with Gasteiger partial charge in [0, 0.05) is 5.56 Å². The van der Waals surface area contributed by atoms with Crippen LogP contribution in [0.25, 0.3) is 0 Å². The average Bonchev–Trinajstić information content (AvgIpc) is 3.02. The Hall–Kier alpha value is -3.00. The van der Waals surface area contributed by atoms with Gasteiger partial charge in [-0.05, 0) is 42.8 Å². The molecule has 0 spiro atoms. The number of nitriles is 1. The lowest BCUT2D eigenvalue weighted by Crippen LogP contribution is -2.26. The highest BCUT2D eigenvalue weighted by Gasteiger charge is 2.17. The fourth-order valence-corrected chi connectivity index (χ4v) is 2.25. The maximum Gasteiger partial charge on any atom is 0.251 e. The molecule has 0 radical (unpaired) electrons. The molecular weight excluding hydrogens is 280 g/mol. The molecule has 0 saturated carbocycles. The van der Waals surface area contributed by atoms with Crippen molar-refractivity contribution in [2.24, 2.45) is 0 Å². The summed E-state index contributed by atoms with van der Waals surface area (Å²) in [7, 11) is 0. The number of benzene rings is 2. The van der Waals surface area contributed by atoms with E-state index in [2.05, 4.69) is 11.4 Å². The van der Waals surface area contributed by atoms with Crippen LogP contribution in [0.4, 0.5) is 0 Å². The second-order valence-electron chi connectivity index (χ2n) is 5.00. The van der Waals surface area contributed by atoms with E-state index >= 15 is 0 Å². The van der Waals surface area contributed by atoms with E-state index in [1.54, 1.807) is 30.3 Å². The van der Waals surface area contributed by atoms with Crippen LogP contribution in [0, 0.1) is 11.3 Å². The van der Waals surface area contributed by atoms with Crippen LogP contribution >= 0.6 is 0 Å². The topological polar surface area (TPSA) is 71.3 Å². The van der Waals surface area contributed by atoms with Gasteiger partial charge in [-0.15, -0.1) is 0 Å². The largest absolute Gasteiger partial charge is 0.454 e. The normalized spacial score (nSPS) is 13.3. The Labute approximate surface area is 128 Å². The summed E-state index contributed by atoms with van der Waals surface area (Å²) in [6.45, 7) is 2.08. The van der Waals surface area contributed by atoms with Crippen LogP contribution in [0.15, 0.2) is 42.5 Å². The highest BCUT2D eigenvalue weighted by molar-refractivity contribution is 5.95. The predicted molar refractivity (Wildman–Crippen MR) is 79.6 cm³/mol. The molecule has 0 fully saturated rings. The van der Waals surface area contributed by atoms with Crippen molar-refractivity contribution in [2.45, 2.75) is 13.0 Å². The first-order chi connectivity index (χ1) is 10.7. The molecule has 5 nitrogen and oxygen atoms in total. The first-order valence-corrected chi connectivity index (χ1v) is 6.88. The second kappa shape index (κ2) is 5.78. The van der Waals surface area contributed by atoms with Gasteiger partial charge in [0.25, 0.3) is 5.91 Å². The van der Waals surface area contributed by atoms with Gasteiger partial charge in [0.15, 0.2) is 11.5 Å². The fraction of sp³-hybridized carbons (Fsp3) is 0.176. The smallest absolute Gasteiger partial charge is 0.251 e. The molecule has 0 bridgehead atoms. The molecular formula is C17H14N2O3. The standard InChI is InChI=1S/C17H14N2O3/c1-11(13-4-2-12(9-18)3-5-13)19-17(20)14-6-7-15-16(8-14)22-10-21-15/h2-8,11H,10H2,1H3,(H,19,20). The number of carbonyl (C=O) groups is 1. The van der Waals surface area contributed by atoms with Crippen LogP contribution in [0.3, 0.4) is 0 Å². The monoisotopic (exact) mass is 294 g/mol. The Bertz CT molecular complexity index is 747. The Morgan fingerprint density at radius 2 is 1.91 bits per heavy atom. The number of nitrogens with one attached hydrogen (secondary N) is 1. The van der Waals surface area contributed by atoms with E-state index in [-0.39, 0.29) is 18.7 Å². The summed E-state index contributed by atoms with van der Waals surface area (Å²) in [6.07, 6.45) is 0. The van der Waals surface area contributed by atoms with E-state index in [4.69, 9.17) is 14.7 Å². The van der Waals surface area contributed by atoms with Crippen LogP contribution < -0.4 is 14.8 Å². The SMILES string of the molecule is CC(NC(=O)c1ccc2c(c1)OCO2)c1ccc(C#N)cc1. The highest BCUT2D eigenvalue weighted by atomic mass is 16.7. The van der Waals surface area contributed by atoms with E-state index in [0.717, 1.165) is 5.56 Å². The molecule has 1 amide bonds. The van der Waals surface area contributed by atoms with Gasteiger partial charge in [0.1, 0.15) is 0 Å². The van der Waals surface area contributed by atoms with E-state index in [9.17, 15) is 4.79 Å². The molecule has 1 unspecified atom stereocenters. The number of ether oxygens (including phenoxy) is 2. The first-order valence-electron chi connectivity index (χ1n) is 6.88. The molecule has 1 aliphatic rings. The number of carbonyl (C=O) groups excluding carboxylic acids is 1. The molecule has 1 heterocycles. The van der Waals surface area contributed by atoms with Crippen molar-refractivity contribution in [1.82, 2.24) is 5.32 Å². The zero-order valence-electron chi connectivity index (χ0n) is 12.0. The molecule has 110 valence electrons. The third-order valence-electron chi connectivity index (χ3n) is 3.52. The second-order valence-corrected chi connectivity index (χ2v) is 5.00. The van der Waals surface area contributed by atoms with Crippen molar-refractivity contribution in [2.75, 3.05) is 6.79 Å². The maximum atomic E-state index is 12.3. The predicted octanol–water partition coefficient (Wildman–Crippen LogP) is 2.78. The van der Waals surface area contributed by atoms with Crippen molar-refractivity contribution in [3.05, 3.63) is 59.2 Å². The Kier molecular flexibility index (Phi) is 3.67. The van der Waals surface area contributed by atoms with Gasteiger partial charge >= 0.3 is 0 Å². The minimum absolute atomic E-state index is 0.161. The minimum Gasteiger partial charge on any atom is -0.454 e. The number of amides is 1. The number of hydrogen-bond donors (Lipinski definition) is 1. The van der Waals surface area contributed by atoms with E-state index in [0.29, 0.717) is 22.6 Å². The lowest BCUT2D eigenvalue weighted by molar-refractivity contribution is 0.0939. The number of rotatable bonds is 3. The van der Waals surface area contributed by atoms with Gasteiger partial charge in [-0.25, -0.2) is 0 Å². The van der Waals surface area contributed by atoms with Gasteiger partial charge < -0.3 is 14.8 Å². The lowest BCUT2D eigenvalue weighted by atomic mass is 10.1. The van der Waals surface area contributed by atoms with Crippen molar-refractivity contribution in [3.63, 3.8) is 0 Å². The van der Waals surface area contributed by atoms with Crippen molar-refractivity contribution < 1.29 is 14.3 Å². The van der Waals surface area contributed by atoms with E-state index in [1.807, 2.05) is 19.1 Å². The van der Waals surface area contributed by atoms with Crippen LogP contribution in [-0.2, 0) is 0 Å². The van der Waals surface area contributed by atoms with Gasteiger partial charge in [-0.2, -0.15) is 5.26 Å². The molecule has 2 aromatic rings. The van der Waals surface area contributed by atoms with E-state index < -0.39 is 0 Å². The van der Waals surface area contributed by atoms with Crippen molar-refractivity contribution in [1.29, 1.82) is 5.26 Å². The molecule has 3 rings (SSSR count). The van der Waals surface area contributed by atoms with Crippen molar-refractivity contribution >= 4 is 5.91 Å².